The molecular weight excluding hydrogens is 366 g/mol. The summed E-state index contributed by atoms with van der Waals surface area (Å²) < 4.78 is 5.23. The standard InChI is InChI=1S/C24H27NO4/c1-15-13-20(21(24(27)28)14-16(15)2)23(26)25-22(17-7-5-4-6-8-17)18-9-11-19(29-3)12-10-18/h4-12,20-22H,13-14H2,1-3H3,(H,25,26)(H,27,28)/p-1/t20-,21-,22+/m1/s1. The Morgan fingerprint density at radius 3 is 2.03 bits per heavy atom. The van der Waals surface area contributed by atoms with E-state index in [2.05, 4.69) is 5.32 Å². The summed E-state index contributed by atoms with van der Waals surface area (Å²) in [5.41, 5.74) is 3.92. The van der Waals surface area contributed by atoms with E-state index in [1.54, 1.807) is 7.11 Å². The molecule has 29 heavy (non-hydrogen) atoms. The van der Waals surface area contributed by atoms with Crippen molar-refractivity contribution >= 4 is 11.9 Å². The number of carboxylic acids is 1. The second-order valence-corrected chi connectivity index (χ2v) is 7.63. The van der Waals surface area contributed by atoms with Crippen LogP contribution < -0.4 is 15.2 Å². The van der Waals surface area contributed by atoms with Crippen LogP contribution in [0.25, 0.3) is 0 Å². The second kappa shape index (κ2) is 8.95. The molecule has 0 aliphatic heterocycles. The van der Waals surface area contributed by atoms with Crippen LogP contribution in [0, 0.1) is 11.8 Å². The molecule has 0 bridgehead atoms. The van der Waals surface area contributed by atoms with E-state index in [1.807, 2.05) is 68.4 Å². The van der Waals surface area contributed by atoms with Gasteiger partial charge in [0.15, 0.2) is 0 Å². The maximum Gasteiger partial charge on any atom is 0.224 e. The smallest absolute Gasteiger partial charge is 0.224 e. The third kappa shape index (κ3) is 4.67. The molecule has 1 amide bonds. The number of carbonyl (C=O) groups is 2. The molecule has 0 radical (unpaired) electrons. The van der Waals surface area contributed by atoms with E-state index in [0.29, 0.717) is 12.8 Å². The van der Waals surface area contributed by atoms with Gasteiger partial charge in [-0.1, -0.05) is 53.6 Å². The number of aliphatic carboxylic acids is 1. The minimum absolute atomic E-state index is 0.268. The zero-order chi connectivity index (χ0) is 21.0. The third-order valence-electron chi connectivity index (χ3n) is 5.77. The summed E-state index contributed by atoms with van der Waals surface area (Å²) in [5, 5.41) is 14.8. The van der Waals surface area contributed by atoms with Crippen LogP contribution in [-0.4, -0.2) is 19.0 Å². The van der Waals surface area contributed by atoms with E-state index >= 15 is 0 Å². The third-order valence-corrected chi connectivity index (χ3v) is 5.77. The van der Waals surface area contributed by atoms with Crippen molar-refractivity contribution in [3.8, 4) is 5.75 Å². The van der Waals surface area contributed by atoms with Crippen molar-refractivity contribution in [3.63, 3.8) is 0 Å². The van der Waals surface area contributed by atoms with Crippen LogP contribution in [0.3, 0.4) is 0 Å². The number of allylic oxidation sites excluding steroid dienone is 2. The summed E-state index contributed by atoms with van der Waals surface area (Å²) in [6, 6.07) is 16.8. The number of carbonyl (C=O) groups excluding carboxylic acids is 2. The molecule has 1 N–H and O–H groups in total. The Kier molecular flexibility index (Phi) is 6.37. The maximum absolute atomic E-state index is 13.2. The molecule has 5 nitrogen and oxygen atoms in total. The molecule has 2 aromatic rings. The maximum atomic E-state index is 13.2. The molecule has 0 fully saturated rings. The first-order chi connectivity index (χ1) is 13.9. The van der Waals surface area contributed by atoms with Crippen molar-refractivity contribution in [3.05, 3.63) is 76.9 Å². The molecule has 0 saturated carbocycles. The Morgan fingerprint density at radius 2 is 1.48 bits per heavy atom. The Labute approximate surface area is 171 Å². The normalized spacial score (nSPS) is 20.1. The molecule has 3 atom stereocenters. The molecule has 1 aliphatic carbocycles. The lowest BCUT2D eigenvalue weighted by atomic mass is 9.76. The number of nitrogens with one attached hydrogen (secondary N) is 1. The Morgan fingerprint density at radius 1 is 0.931 bits per heavy atom. The number of carboxylic acid groups (broad SMARTS) is 1. The zero-order valence-electron chi connectivity index (χ0n) is 17.0. The fourth-order valence-corrected chi connectivity index (χ4v) is 3.87. The van der Waals surface area contributed by atoms with Crippen molar-refractivity contribution < 1.29 is 19.4 Å². The van der Waals surface area contributed by atoms with Crippen LogP contribution in [0.4, 0.5) is 0 Å². The van der Waals surface area contributed by atoms with Crippen LogP contribution in [-0.2, 0) is 9.59 Å². The first-order valence-electron chi connectivity index (χ1n) is 9.76. The van der Waals surface area contributed by atoms with Crippen molar-refractivity contribution in [2.24, 2.45) is 11.8 Å². The van der Waals surface area contributed by atoms with Gasteiger partial charge in [-0.25, -0.2) is 0 Å². The van der Waals surface area contributed by atoms with Gasteiger partial charge in [0.2, 0.25) is 5.91 Å². The molecule has 0 unspecified atom stereocenters. The second-order valence-electron chi connectivity index (χ2n) is 7.63. The number of hydrogen-bond acceptors (Lipinski definition) is 4. The average molecular weight is 392 g/mol. The number of rotatable bonds is 6. The summed E-state index contributed by atoms with van der Waals surface area (Å²) >= 11 is 0. The van der Waals surface area contributed by atoms with E-state index in [9.17, 15) is 14.7 Å². The van der Waals surface area contributed by atoms with Crippen LogP contribution in [0.5, 0.6) is 5.75 Å². The SMILES string of the molecule is COc1ccc([C@@H](NC(=O)[C@@H]2CC(C)=C(C)C[C@H]2C(=O)[O-])c2ccccc2)cc1. The van der Waals surface area contributed by atoms with Gasteiger partial charge in [0.05, 0.1) is 13.2 Å². The highest BCUT2D eigenvalue weighted by atomic mass is 16.5. The lowest BCUT2D eigenvalue weighted by molar-refractivity contribution is -0.313. The van der Waals surface area contributed by atoms with Gasteiger partial charge >= 0.3 is 0 Å². The van der Waals surface area contributed by atoms with Gasteiger partial charge in [0, 0.05) is 17.8 Å². The molecule has 152 valence electrons. The molecule has 0 spiro atoms. The Hall–Kier alpha value is -3.08. The average Bonchev–Trinajstić information content (AvgIpc) is 2.74. The first-order valence-corrected chi connectivity index (χ1v) is 9.76. The summed E-state index contributed by atoms with van der Waals surface area (Å²) in [6.45, 7) is 3.88. The van der Waals surface area contributed by atoms with Gasteiger partial charge in [-0.15, -0.1) is 0 Å². The highest BCUT2D eigenvalue weighted by Crippen LogP contribution is 2.35. The topological polar surface area (TPSA) is 78.5 Å². The molecule has 0 saturated heterocycles. The van der Waals surface area contributed by atoms with Crippen LogP contribution >= 0.6 is 0 Å². The zero-order valence-corrected chi connectivity index (χ0v) is 17.0. The quantitative estimate of drug-likeness (QED) is 0.767. The number of methoxy groups -OCH3 is 1. The molecule has 0 heterocycles. The van der Waals surface area contributed by atoms with E-state index in [4.69, 9.17) is 4.74 Å². The van der Waals surface area contributed by atoms with Crippen molar-refractivity contribution in [1.82, 2.24) is 5.32 Å². The fraction of sp³-hybridized carbons (Fsp3) is 0.333. The summed E-state index contributed by atoms with van der Waals surface area (Å²) in [7, 11) is 1.60. The Bertz CT molecular complexity index is 902. The van der Waals surface area contributed by atoms with Gasteiger partial charge in [-0.3, -0.25) is 4.79 Å². The predicted octanol–water partition coefficient (Wildman–Crippen LogP) is 3.01. The number of benzene rings is 2. The van der Waals surface area contributed by atoms with E-state index in [-0.39, 0.29) is 11.9 Å². The van der Waals surface area contributed by atoms with Crippen LogP contribution in [0.1, 0.15) is 43.9 Å². The van der Waals surface area contributed by atoms with Gasteiger partial charge in [0.1, 0.15) is 5.75 Å². The molecule has 2 aromatic carbocycles. The summed E-state index contributed by atoms with van der Waals surface area (Å²) in [4.78, 5) is 24.9. The van der Waals surface area contributed by atoms with E-state index in [0.717, 1.165) is 28.0 Å². The van der Waals surface area contributed by atoms with Gasteiger partial charge in [-0.05, 0) is 49.9 Å². The summed E-state index contributed by atoms with van der Waals surface area (Å²) in [6.07, 6.45) is 0.783. The van der Waals surface area contributed by atoms with Gasteiger partial charge in [-0.2, -0.15) is 0 Å². The molecular formula is C24H26NO4-. The van der Waals surface area contributed by atoms with Crippen LogP contribution in [0.15, 0.2) is 65.7 Å². The minimum Gasteiger partial charge on any atom is -0.550 e. The highest BCUT2D eigenvalue weighted by molar-refractivity contribution is 5.85. The van der Waals surface area contributed by atoms with E-state index in [1.165, 1.54) is 0 Å². The molecule has 5 heteroatoms. The van der Waals surface area contributed by atoms with Crippen molar-refractivity contribution in [2.45, 2.75) is 32.7 Å². The van der Waals surface area contributed by atoms with Crippen molar-refractivity contribution in [2.75, 3.05) is 7.11 Å². The van der Waals surface area contributed by atoms with Gasteiger partial charge < -0.3 is 20.0 Å². The lowest BCUT2D eigenvalue weighted by Gasteiger charge is -2.34. The number of ether oxygens (including phenoxy) is 1. The largest absolute Gasteiger partial charge is 0.550 e. The monoisotopic (exact) mass is 392 g/mol. The van der Waals surface area contributed by atoms with Crippen molar-refractivity contribution in [1.29, 1.82) is 0 Å². The molecule has 1 aliphatic rings. The Balaban J connectivity index is 1.90. The number of amides is 1. The fourth-order valence-electron chi connectivity index (χ4n) is 3.87. The van der Waals surface area contributed by atoms with E-state index < -0.39 is 17.8 Å². The van der Waals surface area contributed by atoms with Crippen LogP contribution in [0.2, 0.25) is 0 Å². The predicted molar refractivity (Wildman–Crippen MR) is 109 cm³/mol. The number of hydrogen-bond donors (Lipinski definition) is 1. The van der Waals surface area contributed by atoms with Gasteiger partial charge in [0.25, 0.3) is 0 Å². The minimum atomic E-state index is -1.17. The highest BCUT2D eigenvalue weighted by Gasteiger charge is 2.34. The molecule has 0 aromatic heterocycles. The lowest BCUT2D eigenvalue weighted by Crippen LogP contribution is -2.45. The molecule has 3 rings (SSSR count). The summed E-state index contributed by atoms with van der Waals surface area (Å²) in [5.74, 6) is -2.17. The first kappa shape index (κ1) is 20.6.